The van der Waals surface area contributed by atoms with Crippen LogP contribution in [0.1, 0.15) is 24.2 Å². The third kappa shape index (κ3) is 2.96. The lowest BCUT2D eigenvalue weighted by Gasteiger charge is -2.03. The fourth-order valence-electron chi connectivity index (χ4n) is 1.12. The molecule has 1 heterocycles. The molecule has 0 fully saturated rings. The quantitative estimate of drug-likeness (QED) is 0.696. The number of aromatic nitrogens is 1. The summed E-state index contributed by atoms with van der Waals surface area (Å²) in [4.78, 5) is 11.5. The van der Waals surface area contributed by atoms with Crippen LogP contribution in [0.5, 0.6) is 0 Å². The molecule has 5 nitrogen and oxygen atoms in total. The van der Waals surface area contributed by atoms with E-state index >= 15 is 0 Å². The molecule has 1 rings (SSSR count). The van der Waals surface area contributed by atoms with Gasteiger partial charge in [-0.1, -0.05) is 11.6 Å². The van der Waals surface area contributed by atoms with Crippen molar-refractivity contribution in [2.45, 2.75) is 13.8 Å². The van der Waals surface area contributed by atoms with Gasteiger partial charge in [-0.2, -0.15) is 4.37 Å². The lowest BCUT2D eigenvalue weighted by atomic mass is 10.3. The van der Waals surface area contributed by atoms with E-state index in [1.807, 2.05) is 19.9 Å². The molecule has 0 spiro atoms. The summed E-state index contributed by atoms with van der Waals surface area (Å²) < 4.78 is 3.96. The summed E-state index contributed by atoms with van der Waals surface area (Å²) in [6.07, 6.45) is 2.03. The number of anilines is 2. The van der Waals surface area contributed by atoms with Crippen LogP contribution in [0.15, 0.2) is 11.6 Å². The monoisotopic (exact) mass is 240 g/mol. The minimum absolute atomic E-state index is 0.217. The second-order valence-corrected chi connectivity index (χ2v) is 4.29. The molecule has 0 atom stereocenters. The van der Waals surface area contributed by atoms with Gasteiger partial charge in [0.2, 0.25) is 0 Å². The van der Waals surface area contributed by atoms with E-state index < -0.39 is 0 Å². The summed E-state index contributed by atoms with van der Waals surface area (Å²) in [6, 6.07) is 0. The molecule has 0 saturated carbocycles. The van der Waals surface area contributed by atoms with Gasteiger partial charge < -0.3 is 16.4 Å². The lowest BCUT2D eigenvalue weighted by Crippen LogP contribution is -2.20. The highest BCUT2D eigenvalue weighted by molar-refractivity contribution is 7.11. The Bertz CT molecular complexity index is 407. The van der Waals surface area contributed by atoms with Gasteiger partial charge in [-0.05, 0) is 25.4 Å². The van der Waals surface area contributed by atoms with E-state index in [0.717, 1.165) is 0 Å². The minimum atomic E-state index is -0.217. The number of nitrogen functional groups attached to an aromatic ring is 1. The molecule has 0 aliphatic rings. The molecular weight excluding hydrogens is 224 g/mol. The predicted octanol–water partition coefficient (Wildman–Crippen LogP) is 1.46. The van der Waals surface area contributed by atoms with Crippen molar-refractivity contribution in [1.29, 1.82) is 0 Å². The molecule has 88 valence electrons. The Balaban J connectivity index is 2.81. The second kappa shape index (κ2) is 5.50. The highest BCUT2D eigenvalue weighted by Gasteiger charge is 2.17. The molecule has 1 aromatic rings. The Morgan fingerprint density at radius 3 is 2.81 bits per heavy atom. The molecule has 0 aromatic carbocycles. The topological polar surface area (TPSA) is 80.0 Å². The van der Waals surface area contributed by atoms with Gasteiger partial charge in [-0.3, -0.25) is 4.79 Å². The van der Waals surface area contributed by atoms with E-state index in [4.69, 9.17) is 5.73 Å². The molecule has 0 bridgehead atoms. The van der Waals surface area contributed by atoms with E-state index in [2.05, 4.69) is 15.0 Å². The molecule has 6 heteroatoms. The molecular formula is C10H16N4OS. The van der Waals surface area contributed by atoms with Crippen molar-refractivity contribution in [1.82, 2.24) is 9.69 Å². The number of nitrogens with two attached hydrogens (primary N) is 1. The molecule has 16 heavy (non-hydrogen) atoms. The summed E-state index contributed by atoms with van der Waals surface area (Å²) in [5, 5.41) is 6.36. The number of hydrogen-bond donors (Lipinski definition) is 3. The van der Waals surface area contributed by atoms with Crippen molar-refractivity contribution in [3.8, 4) is 0 Å². The maximum Gasteiger partial charge on any atom is 0.257 e. The van der Waals surface area contributed by atoms with Gasteiger partial charge in [0.15, 0.2) is 5.82 Å². The van der Waals surface area contributed by atoms with Crippen LogP contribution in [0.25, 0.3) is 0 Å². The summed E-state index contributed by atoms with van der Waals surface area (Å²) in [7, 11) is 1.57. The Morgan fingerprint density at radius 2 is 2.25 bits per heavy atom. The SMILES string of the molecule is CNC(=O)c1c(N)nsc1NCC=C(C)C. The van der Waals surface area contributed by atoms with E-state index in [9.17, 15) is 4.79 Å². The Kier molecular flexibility index (Phi) is 4.30. The number of allylic oxidation sites excluding steroid dienone is 1. The van der Waals surface area contributed by atoms with Crippen LogP contribution in [-0.2, 0) is 0 Å². The highest BCUT2D eigenvalue weighted by Crippen LogP contribution is 2.26. The van der Waals surface area contributed by atoms with E-state index in [1.165, 1.54) is 17.1 Å². The average Bonchev–Trinajstić information content (AvgIpc) is 2.58. The highest BCUT2D eigenvalue weighted by atomic mass is 32.1. The zero-order valence-corrected chi connectivity index (χ0v) is 10.4. The van der Waals surface area contributed by atoms with Gasteiger partial charge in [0.05, 0.1) is 0 Å². The van der Waals surface area contributed by atoms with Crippen molar-refractivity contribution in [2.75, 3.05) is 24.6 Å². The normalized spacial score (nSPS) is 9.69. The number of carbonyl (C=O) groups is 1. The van der Waals surface area contributed by atoms with Crippen molar-refractivity contribution < 1.29 is 4.79 Å². The number of amides is 1. The molecule has 0 aliphatic carbocycles. The number of nitrogens with one attached hydrogen (secondary N) is 2. The standard InChI is InChI=1S/C10H16N4OS/c1-6(2)4-5-13-10-7(9(15)12-3)8(11)14-16-10/h4,13H,5H2,1-3H3,(H2,11,14)(H,12,15). The summed E-state index contributed by atoms with van der Waals surface area (Å²) in [5.74, 6) is 0.0509. The fraction of sp³-hybridized carbons (Fsp3) is 0.400. The van der Waals surface area contributed by atoms with E-state index in [1.54, 1.807) is 7.05 Å². The zero-order chi connectivity index (χ0) is 12.1. The molecule has 0 aliphatic heterocycles. The molecule has 1 aromatic heterocycles. The number of hydrogen-bond acceptors (Lipinski definition) is 5. The molecule has 0 saturated heterocycles. The molecule has 1 amide bonds. The van der Waals surface area contributed by atoms with Crippen molar-refractivity contribution in [3.05, 3.63) is 17.2 Å². The number of rotatable bonds is 4. The van der Waals surface area contributed by atoms with Crippen LogP contribution in [0, 0.1) is 0 Å². The van der Waals surface area contributed by atoms with Crippen LogP contribution in [0.3, 0.4) is 0 Å². The third-order valence-electron chi connectivity index (χ3n) is 1.95. The van der Waals surface area contributed by atoms with Crippen LogP contribution in [-0.4, -0.2) is 23.9 Å². The average molecular weight is 240 g/mol. The number of carbonyl (C=O) groups excluding carboxylic acids is 1. The maximum absolute atomic E-state index is 11.5. The first kappa shape index (κ1) is 12.5. The first-order chi connectivity index (χ1) is 7.56. The van der Waals surface area contributed by atoms with Gasteiger partial charge in [0, 0.05) is 13.6 Å². The minimum Gasteiger partial charge on any atom is -0.382 e. The third-order valence-corrected chi connectivity index (χ3v) is 2.76. The van der Waals surface area contributed by atoms with Gasteiger partial charge >= 0.3 is 0 Å². The largest absolute Gasteiger partial charge is 0.382 e. The van der Waals surface area contributed by atoms with Crippen LogP contribution in [0.4, 0.5) is 10.8 Å². The van der Waals surface area contributed by atoms with Crippen LogP contribution >= 0.6 is 11.5 Å². The smallest absolute Gasteiger partial charge is 0.257 e. The summed E-state index contributed by atoms with van der Waals surface area (Å²) in [5.41, 5.74) is 7.27. The summed E-state index contributed by atoms with van der Waals surface area (Å²) in [6.45, 7) is 4.69. The molecule has 0 radical (unpaired) electrons. The molecule has 4 N–H and O–H groups in total. The van der Waals surface area contributed by atoms with Gasteiger partial charge in [-0.15, -0.1) is 0 Å². The fourth-order valence-corrected chi connectivity index (χ4v) is 1.83. The van der Waals surface area contributed by atoms with E-state index in [-0.39, 0.29) is 11.7 Å². The Labute approximate surface area is 98.9 Å². The number of nitrogens with zero attached hydrogens (tertiary/aromatic N) is 1. The van der Waals surface area contributed by atoms with Crippen LogP contribution in [0.2, 0.25) is 0 Å². The second-order valence-electron chi connectivity index (χ2n) is 3.51. The van der Waals surface area contributed by atoms with Gasteiger partial charge in [0.1, 0.15) is 10.6 Å². The van der Waals surface area contributed by atoms with Crippen molar-refractivity contribution in [2.24, 2.45) is 0 Å². The lowest BCUT2D eigenvalue weighted by molar-refractivity contribution is 0.0965. The first-order valence-electron chi connectivity index (χ1n) is 4.90. The van der Waals surface area contributed by atoms with E-state index in [0.29, 0.717) is 17.1 Å². The first-order valence-corrected chi connectivity index (χ1v) is 5.68. The maximum atomic E-state index is 11.5. The zero-order valence-electron chi connectivity index (χ0n) is 9.63. The van der Waals surface area contributed by atoms with Crippen LogP contribution < -0.4 is 16.4 Å². The predicted molar refractivity (Wildman–Crippen MR) is 67.8 cm³/mol. The molecule has 0 unspecified atom stereocenters. The van der Waals surface area contributed by atoms with Crippen molar-refractivity contribution >= 4 is 28.3 Å². The Morgan fingerprint density at radius 1 is 1.56 bits per heavy atom. The van der Waals surface area contributed by atoms with Gasteiger partial charge in [-0.25, -0.2) is 0 Å². The van der Waals surface area contributed by atoms with Crippen molar-refractivity contribution in [3.63, 3.8) is 0 Å². The Hall–Kier alpha value is -1.56. The summed E-state index contributed by atoms with van der Waals surface area (Å²) >= 11 is 1.20. The van der Waals surface area contributed by atoms with Gasteiger partial charge in [0.25, 0.3) is 5.91 Å².